The summed E-state index contributed by atoms with van der Waals surface area (Å²) in [6, 6.07) is 0. The van der Waals surface area contributed by atoms with Gasteiger partial charge in [-0.05, 0) is 12.3 Å². The lowest BCUT2D eigenvalue weighted by Crippen LogP contribution is -2.06. The Morgan fingerprint density at radius 3 is 2.31 bits per heavy atom. The van der Waals surface area contributed by atoms with Gasteiger partial charge < -0.3 is 9.84 Å². The van der Waals surface area contributed by atoms with Gasteiger partial charge in [0.2, 0.25) is 0 Å². The first kappa shape index (κ1) is 12.9. The molecule has 0 saturated carbocycles. The van der Waals surface area contributed by atoms with Crippen molar-refractivity contribution in [2.75, 3.05) is 13.7 Å². The third kappa shape index (κ3) is 6.05. The molecule has 2 unspecified atom stereocenters. The van der Waals surface area contributed by atoms with E-state index in [-0.39, 0.29) is 0 Å². The van der Waals surface area contributed by atoms with Crippen LogP contribution in [0.1, 0.15) is 46.0 Å². The first-order valence-electron chi connectivity index (χ1n) is 5.44. The molecule has 2 heteroatoms. The van der Waals surface area contributed by atoms with Gasteiger partial charge in [0, 0.05) is 7.11 Å². The average molecular weight is 188 g/mol. The molecule has 0 spiro atoms. The maximum absolute atomic E-state index is 7.00. The zero-order valence-corrected chi connectivity index (χ0v) is 9.25. The van der Waals surface area contributed by atoms with Gasteiger partial charge in [-0.15, -0.1) is 0 Å². The maximum atomic E-state index is 7.00. The van der Waals surface area contributed by atoms with Crippen molar-refractivity contribution >= 4 is 0 Å². The van der Waals surface area contributed by atoms with Gasteiger partial charge in [0.05, 0.1) is 12.7 Å². The van der Waals surface area contributed by atoms with Crippen LogP contribution >= 0.6 is 0 Å². The summed E-state index contributed by atoms with van der Waals surface area (Å²) in [5.74, 6) is 0.863. The molecule has 1 fully saturated rings. The molecule has 2 nitrogen and oxygen atoms in total. The van der Waals surface area contributed by atoms with Crippen molar-refractivity contribution in [2.45, 2.75) is 52.1 Å². The Bertz CT molecular complexity index is 100. The van der Waals surface area contributed by atoms with Gasteiger partial charge in [-0.1, -0.05) is 39.5 Å². The normalized spacial score (nSPS) is 21.7. The highest BCUT2D eigenvalue weighted by Gasteiger charge is 2.30. The SMILES string of the molecule is CCCCCC(CC)C1CO1.CO. The first-order chi connectivity index (χ1) is 6.38. The second kappa shape index (κ2) is 8.52. The number of hydrogen-bond donors (Lipinski definition) is 1. The van der Waals surface area contributed by atoms with Crippen LogP contribution in [0.25, 0.3) is 0 Å². The molecule has 2 atom stereocenters. The summed E-state index contributed by atoms with van der Waals surface area (Å²) in [5.41, 5.74) is 0. The van der Waals surface area contributed by atoms with Crippen LogP contribution < -0.4 is 0 Å². The van der Waals surface area contributed by atoms with Crippen LogP contribution in [0.15, 0.2) is 0 Å². The monoisotopic (exact) mass is 188 g/mol. The van der Waals surface area contributed by atoms with E-state index in [2.05, 4.69) is 13.8 Å². The van der Waals surface area contributed by atoms with E-state index in [4.69, 9.17) is 9.84 Å². The minimum Gasteiger partial charge on any atom is -0.400 e. The number of aliphatic hydroxyl groups excluding tert-OH is 1. The van der Waals surface area contributed by atoms with E-state index in [1.807, 2.05) is 0 Å². The highest BCUT2D eigenvalue weighted by molar-refractivity contribution is 4.77. The Hall–Kier alpha value is -0.0800. The summed E-state index contributed by atoms with van der Waals surface area (Å²) in [7, 11) is 1.00. The van der Waals surface area contributed by atoms with Crippen molar-refractivity contribution in [3.63, 3.8) is 0 Å². The van der Waals surface area contributed by atoms with Crippen molar-refractivity contribution < 1.29 is 9.84 Å². The first-order valence-corrected chi connectivity index (χ1v) is 5.44. The molecule has 1 saturated heterocycles. The third-order valence-corrected chi connectivity index (χ3v) is 2.59. The maximum Gasteiger partial charge on any atom is 0.0837 e. The lowest BCUT2D eigenvalue weighted by Gasteiger charge is -2.10. The Morgan fingerprint density at radius 2 is 1.92 bits per heavy atom. The Labute approximate surface area is 82.3 Å². The minimum atomic E-state index is 0.636. The predicted molar refractivity (Wildman–Crippen MR) is 55.8 cm³/mol. The molecule has 1 heterocycles. The van der Waals surface area contributed by atoms with E-state index in [0.717, 1.165) is 19.6 Å². The standard InChI is InChI=1S/C10H20O.CH4O/c1-3-5-6-7-9(4-2)10-8-11-10;1-2/h9-10H,3-8H2,1-2H3;2H,1H3. The van der Waals surface area contributed by atoms with Crippen LogP contribution in [0, 0.1) is 5.92 Å². The molecule has 0 radical (unpaired) electrons. The number of ether oxygens (including phenoxy) is 1. The second-order valence-corrected chi connectivity index (χ2v) is 3.54. The quantitative estimate of drug-likeness (QED) is 0.513. The highest BCUT2D eigenvalue weighted by atomic mass is 16.6. The molecule has 0 amide bonds. The summed E-state index contributed by atoms with van der Waals surface area (Å²) < 4.78 is 5.29. The number of rotatable bonds is 6. The Kier molecular flexibility index (Phi) is 8.46. The molecule has 1 rings (SSSR count). The molecule has 0 aliphatic carbocycles. The van der Waals surface area contributed by atoms with Crippen LogP contribution in [0.3, 0.4) is 0 Å². The molecule has 1 aliphatic rings. The second-order valence-electron chi connectivity index (χ2n) is 3.54. The molecule has 13 heavy (non-hydrogen) atoms. The molecule has 0 aromatic heterocycles. The van der Waals surface area contributed by atoms with E-state index in [9.17, 15) is 0 Å². The lowest BCUT2D eigenvalue weighted by molar-refractivity contribution is 0.303. The summed E-state index contributed by atoms with van der Waals surface area (Å²) in [6.45, 7) is 5.57. The van der Waals surface area contributed by atoms with E-state index in [1.54, 1.807) is 0 Å². The average Bonchev–Trinajstić information content (AvgIpc) is 3.00. The van der Waals surface area contributed by atoms with Gasteiger partial charge in [-0.25, -0.2) is 0 Å². The summed E-state index contributed by atoms with van der Waals surface area (Å²) in [6.07, 6.45) is 7.44. The molecule has 80 valence electrons. The number of hydrogen-bond acceptors (Lipinski definition) is 2. The fourth-order valence-corrected chi connectivity index (χ4v) is 1.64. The van der Waals surface area contributed by atoms with Gasteiger partial charge in [-0.2, -0.15) is 0 Å². The van der Waals surface area contributed by atoms with Crippen LogP contribution in [0.4, 0.5) is 0 Å². The van der Waals surface area contributed by atoms with Crippen molar-refractivity contribution in [3.8, 4) is 0 Å². The molecule has 0 aromatic carbocycles. The van der Waals surface area contributed by atoms with Crippen LogP contribution in [-0.2, 0) is 4.74 Å². The zero-order chi connectivity index (χ0) is 10.1. The van der Waals surface area contributed by atoms with E-state index < -0.39 is 0 Å². The number of epoxide rings is 1. The van der Waals surface area contributed by atoms with Crippen molar-refractivity contribution in [2.24, 2.45) is 5.92 Å². The van der Waals surface area contributed by atoms with Gasteiger partial charge in [-0.3, -0.25) is 0 Å². The summed E-state index contributed by atoms with van der Waals surface area (Å²) >= 11 is 0. The largest absolute Gasteiger partial charge is 0.400 e. The van der Waals surface area contributed by atoms with Crippen molar-refractivity contribution in [1.29, 1.82) is 0 Å². The Balaban J connectivity index is 0.000000671. The van der Waals surface area contributed by atoms with E-state index in [0.29, 0.717) is 6.10 Å². The van der Waals surface area contributed by atoms with Crippen molar-refractivity contribution in [1.82, 2.24) is 0 Å². The fourth-order valence-electron chi connectivity index (χ4n) is 1.64. The predicted octanol–water partition coefficient (Wildman–Crippen LogP) is 2.60. The molecular formula is C11H24O2. The van der Waals surface area contributed by atoms with E-state index >= 15 is 0 Å². The zero-order valence-electron chi connectivity index (χ0n) is 9.25. The summed E-state index contributed by atoms with van der Waals surface area (Å²) in [5, 5.41) is 7.00. The van der Waals surface area contributed by atoms with Gasteiger partial charge >= 0.3 is 0 Å². The van der Waals surface area contributed by atoms with Gasteiger partial charge in [0.1, 0.15) is 0 Å². The van der Waals surface area contributed by atoms with E-state index in [1.165, 1.54) is 32.1 Å². The highest BCUT2D eigenvalue weighted by Crippen LogP contribution is 2.27. The van der Waals surface area contributed by atoms with Crippen LogP contribution in [0.5, 0.6) is 0 Å². The molecule has 0 bridgehead atoms. The molecule has 1 aliphatic heterocycles. The van der Waals surface area contributed by atoms with Crippen molar-refractivity contribution in [3.05, 3.63) is 0 Å². The lowest BCUT2D eigenvalue weighted by atomic mass is 9.96. The van der Waals surface area contributed by atoms with Gasteiger partial charge in [0.25, 0.3) is 0 Å². The Morgan fingerprint density at radius 1 is 1.31 bits per heavy atom. The number of unbranched alkanes of at least 4 members (excludes halogenated alkanes) is 2. The van der Waals surface area contributed by atoms with Crippen LogP contribution in [0.2, 0.25) is 0 Å². The molecule has 0 aromatic rings. The topological polar surface area (TPSA) is 32.8 Å². The van der Waals surface area contributed by atoms with Gasteiger partial charge in [0.15, 0.2) is 0 Å². The fraction of sp³-hybridized carbons (Fsp3) is 1.00. The minimum absolute atomic E-state index is 0.636. The van der Waals surface area contributed by atoms with Crippen LogP contribution in [-0.4, -0.2) is 24.9 Å². The molecular weight excluding hydrogens is 164 g/mol. The molecule has 1 N–H and O–H groups in total. The third-order valence-electron chi connectivity index (χ3n) is 2.59. The number of aliphatic hydroxyl groups is 1. The summed E-state index contributed by atoms with van der Waals surface area (Å²) in [4.78, 5) is 0. The smallest absolute Gasteiger partial charge is 0.0837 e.